The first-order chi connectivity index (χ1) is 10.4. The number of nitro benzene ring substituents is 1. The van der Waals surface area contributed by atoms with E-state index < -0.39 is 10.9 Å². The lowest BCUT2D eigenvalue weighted by Crippen LogP contribution is -2.12. The molecule has 0 unspecified atom stereocenters. The Bertz CT molecular complexity index is 699. The Kier molecular flexibility index (Phi) is 4.36. The largest absolute Gasteiger partial charge is 0.455 e. The molecular formula is C15H13NO6. The number of carbonyl (C=O) groups is 2. The van der Waals surface area contributed by atoms with Crippen molar-refractivity contribution in [1.82, 2.24) is 0 Å². The van der Waals surface area contributed by atoms with Crippen LogP contribution in [0.15, 0.2) is 47.6 Å². The van der Waals surface area contributed by atoms with Crippen molar-refractivity contribution in [2.45, 2.75) is 20.3 Å². The van der Waals surface area contributed by atoms with Gasteiger partial charge in [-0.1, -0.05) is 0 Å². The van der Waals surface area contributed by atoms with Gasteiger partial charge in [0.05, 0.1) is 10.5 Å². The zero-order valence-corrected chi connectivity index (χ0v) is 12.0. The van der Waals surface area contributed by atoms with Gasteiger partial charge in [-0.2, -0.15) is 0 Å². The first kappa shape index (κ1) is 15.4. The first-order valence-corrected chi connectivity index (χ1v) is 6.44. The third kappa shape index (κ3) is 3.38. The van der Waals surface area contributed by atoms with Crippen molar-refractivity contribution >= 4 is 17.4 Å². The van der Waals surface area contributed by atoms with Crippen LogP contribution in [-0.4, -0.2) is 16.7 Å². The lowest BCUT2D eigenvalue weighted by molar-refractivity contribution is -0.384. The second kappa shape index (κ2) is 6.21. The Hall–Kier alpha value is -2.96. The fraction of sp³-hybridized carbons (Fsp3) is 0.200. The van der Waals surface area contributed by atoms with Gasteiger partial charge in [0.2, 0.25) is 0 Å². The second-order valence-corrected chi connectivity index (χ2v) is 4.60. The fourth-order valence-electron chi connectivity index (χ4n) is 1.81. The Morgan fingerprint density at radius 1 is 1.27 bits per heavy atom. The molecule has 0 atom stereocenters. The number of nitrogens with zero attached hydrogens (tertiary/aromatic N) is 1. The van der Waals surface area contributed by atoms with Crippen molar-refractivity contribution in [2.75, 3.05) is 0 Å². The molecule has 0 saturated heterocycles. The van der Waals surface area contributed by atoms with Gasteiger partial charge >= 0.3 is 5.97 Å². The standard InChI is InChI=1S/C15H13NO6/c1-9(17)13-7-8-14(10(2)21-13)22-15(18)11-3-5-12(6-4-11)16(19)20/h3-7H,8H2,1-2H3. The Balaban J connectivity index is 2.08. The van der Waals surface area contributed by atoms with Crippen molar-refractivity contribution in [3.05, 3.63) is 63.3 Å². The van der Waals surface area contributed by atoms with E-state index in [0.717, 1.165) is 0 Å². The number of esters is 1. The first-order valence-electron chi connectivity index (χ1n) is 6.44. The molecule has 1 aliphatic heterocycles. The number of rotatable bonds is 4. The van der Waals surface area contributed by atoms with Crippen LogP contribution < -0.4 is 0 Å². The van der Waals surface area contributed by atoms with E-state index in [4.69, 9.17) is 9.47 Å². The monoisotopic (exact) mass is 303 g/mol. The molecule has 0 aliphatic carbocycles. The number of nitro groups is 1. The molecule has 0 radical (unpaired) electrons. The molecule has 22 heavy (non-hydrogen) atoms. The van der Waals surface area contributed by atoms with E-state index >= 15 is 0 Å². The molecule has 0 saturated carbocycles. The average Bonchev–Trinajstić information content (AvgIpc) is 2.49. The summed E-state index contributed by atoms with van der Waals surface area (Å²) in [6.07, 6.45) is 1.80. The quantitative estimate of drug-likeness (QED) is 0.482. The summed E-state index contributed by atoms with van der Waals surface area (Å²) in [5, 5.41) is 10.6. The normalized spacial score (nSPS) is 14.0. The number of non-ortho nitro benzene ring substituents is 1. The zero-order valence-electron chi connectivity index (χ0n) is 12.0. The van der Waals surface area contributed by atoms with Crippen LogP contribution in [-0.2, 0) is 14.3 Å². The van der Waals surface area contributed by atoms with E-state index in [9.17, 15) is 19.7 Å². The summed E-state index contributed by atoms with van der Waals surface area (Å²) < 4.78 is 10.5. The lowest BCUT2D eigenvalue weighted by atomic mass is 10.2. The number of hydrogen-bond donors (Lipinski definition) is 0. The number of allylic oxidation sites excluding steroid dienone is 3. The highest BCUT2D eigenvalue weighted by molar-refractivity contribution is 5.92. The Labute approximate surface area is 126 Å². The molecule has 0 N–H and O–H groups in total. The molecule has 1 aliphatic rings. The van der Waals surface area contributed by atoms with Crippen molar-refractivity contribution in [3.8, 4) is 0 Å². The minimum Gasteiger partial charge on any atom is -0.455 e. The third-order valence-electron chi connectivity index (χ3n) is 3.01. The average molecular weight is 303 g/mol. The summed E-state index contributed by atoms with van der Waals surface area (Å²) in [7, 11) is 0. The van der Waals surface area contributed by atoms with Crippen molar-refractivity contribution in [3.63, 3.8) is 0 Å². The maximum Gasteiger partial charge on any atom is 0.343 e. The minimum absolute atomic E-state index is 0.109. The third-order valence-corrected chi connectivity index (χ3v) is 3.01. The predicted octanol–water partition coefficient (Wildman–Crippen LogP) is 2.88. The van der Waals surface area contributed by atoms with Gasteiger partial charge in [-0.3, -0.25) is 14.9 Å². The summed E-state index contributed by atoms with van der Waals surface area (Å²) >= 11 is 0. The molecule has 7 nitrogen and oxygen atoms in total. The zero-order chi connectivity index (χ0) is 16.3. The molecule has 2 rings (SSSR count). The summed E-state index contributed by atoms with van der Waals surface area (Å²) in [5.74, 6) is -0.00318. The maximum absolute atomic E-state index is 12.0. The van der Waals surface area contributed by atoms with Gasteiger partial charge in [0.25, 0.3) is 5.69 Å². The molecule has 0 aromatic heterocycles. The molecule has 1 heterocycles. The molecular weight excluding hydrogens is 290 g/mol. The molecule has 0 spiro atoms. The molecule has 0 bridgehead atoms. The fourth-order valence-corrected chi connectivity index (χ4v) is 1.81. The lowest BCUT2D eigenvalue weighted by Gasteiger charge is -2.17. The van der Waals surface area contributed by atoms with Crippen LogP contribution in [0.4, 0.5) is 5.69 Å². The predicted molar refractivity (Wildman–Crippen MR) is 75.7 cm³/mol. The highest BCUT2D eigenvalue weighted by Crippen LogP contribution is 2.24. The van der Waals surface area contributed by atoms with Gasteiger partial charge in [0, 0.05) is 25.5 Å². The van der Waals surface area contributed by atoms with Gasteiger partial charge in [-0.25, -0.2) is 4.79 Å². The van der Waals surface area contributed by atoms with E-state index in [1.165, 1.54) is 37.3 Å². The van der Waals surface area contributed by atoms with Gasteiger partial charge in [0.15, 0.2) is 11.5 Å². The summed E-state index contributed by atoms with van der Waals surface area (Å²) in [4.78, 5) is 33.2. The number of hydrogen-bond acceptors (Lipinski definition) is 6. The number of ether oxygens (including phenoxy) is 2. The van der Waals surface area contributed by atoms with Crippen LogP contribution in [0.5, 0.6) is 0 Å². The van der Waals surface area contributed by atoms with Crippen molar-refractivity contribution < 1.29 is 24.0 Å². The molecule has 7 heteroatoms. The molecule has 114 valence electrons. The van der Waals surface area contributed by atoms with Crippen LogP contribution in [0.1, 0.15) is 30.6 Å². The van der Waals surface area contributed by atoms with Crippen LogP contribution >= 0.6 is 0 Å². The van der Waals surface area contributed by atoms with E-state index in [0.29, 0.717) is 11.5 Å². The number of carbonyl (C=O) groups excluding carboxylic acids is 2. The highest BCUT2D eigenvalue weighted by atomic mass is 16.6. The molecule has 1 aromatic carbocycles. The molecule has 0 amide bonds. The van der Waals surface area contributed by atoms with Crippen molar-refractivity contribution in [1.29, 1.82) is 0 Å². The summed E-state index contributed by atoms with van der Waals surface area (Å²) in [6, 6.07) is 5.08. The van der Waals surface area contributed by atoms with E-state index in [-0.39, 0.29) is 29.2 Å². The van der Waals surface area contributed by atoms with Crippen molar-refractivity contribution in [2.24, 2.45) is 0 Å². The topological polar surface area (TPSA) is 95.7 Å². The molecule has 0 fully saturated rings. The Morgan fingerprint density at radius 2 is 1.91 bits per heavy atom. The Morgan fingerprint density at radius 3 is 2.41 bits per heavy atom. The summed E-state index contributed by atoms with van der Waals surface area (Å²) in [6.45, 7) is 2.97. The van der Waals surface area contributed by atoms with Crippen LogP contribution in [0.3, 0.4) is 0 Å². The van der Waals surface area contributed by atoms with Crippen LogP contribution in [0, 0.1) is 10.1 Å². The van der Waals surface area contributed by atoms with Gasteiger partial charge in [0.1, 0.15) is 11.5 Å². The number of benzene rings is 1. The second-order valence-electron chi connectivity index (χ2n) is 4.60. The minimum atomic E-state index is -0.646. The summed E-state index contributed by atoms with van der Waals surface area (Å²) in [5.41, 5.74) is 0.0780. The highest BCUT2D eigenvalue weighted by Gasteiger charge is 2.20. The maximum atomic E-state index is 12.0. The van der Waals surface area contributed by atoms with E-state index in [1.807, 2.05) is 0 Å². The van der Waals surface area contributed by atoms with Crippen LogP contribution in [0.2, 0.25) is 0 Å². The van der Waals surface area contributed by atoms with E-state index in [1.54, 1.807) is 6.92 Å². The number of ketones is 1. The van der Waals surface area contributed by atoms with Gasteiger partial charge in [-0.15, -0.1) is 0 Å². The van der Waals surface area contributed by atoms with Gasteiger partial charge < -0.3 is 9.47 Å². The molecule has 1 aromatic rings. The van der Waals surface area contributed by atoms with Crippen LogP contribution in [0.25, 0.3) is 0 Å². The number of Topliss-reactive ketones (excluding diaryl/α,β-unsaturated/α-hetero) is 1. The van der Waals surface area contributed by atoms with E-state index in [2.05, 4.69) is 0 Å². The smallest absolute Gasteiger partial charge is 0.343 e. The van der Waals surface area contributed by atoms with Gasteiger partial charge in [-0.05, 0) is 25.1 Å². The SMILES string of the molecule is CC(=O)C1=CCC(OC(=O)c2ccc([N+](=O)[O-])cc2)=C(C)O1.